The first-order valence-corrected chi connectivity index (χ1v) is 9.78. The number of rotatable bonds is 5. The zero-order chi connectivity index (χ0) is 21.9. The van der Waals surface area contributed by atoms with Crippen LogP contribution in [0.15, 0.2) is 36.7 Å². The molecule has 0 saturated heterocycles. The summed E-state index contributed by atoms with van der Waals surface area (Å²) in [5.74, 6) is 0.511. The molecule has 3 aromatic rings. The molecular weight excluding hydrogens is 380 g/mol. The molecule has 30 heavy (non-hydrogen) atoms. The summed E-state index contributed by atoms with van der Waals surface area (Å²) < 4.78 is 7.08. The predicted octanol–water partition coefficient (Wildman–Crippen LogP) is 4.26. The largest absolute Gasteiger partial charge is 0.444 e. The summed E-state index contributed by atoms with van der Waals surface area (Å²) in [4.78, 5) is 20.8. The number of amides is 1. The fourth-order valence-corrected chi connectivity index (χ4v) is 2.86. The molecule has 0 radical (unpaired) electrons. The molecule has 2 N–H and O–H groups in total. The quantitative estimate of drug-likeness (QED) is 0.655. The zero-order valence-corrected chi connectivity index (χ0v) is 18.3. The van der Waals surface area contributed by atoms with E-state index in [9.17, 15) is 4.79 Å². The van der Waals surface area contributed by atoms with Gasteiger partial charge in [-0.25, -0.2) is 14.8 Å². The zero-order valence-electron chi connectivity index (χ0n) is 18.3. The van der Waals surface area contributed by atoms with Crippen LogP contribution in [0, 0.1) is 13.8 Å². The molecule has 0 aliphatic carbocycles. The van der Waals surface area contributed by atoms with E-state index in [2.05, 4.69) is 25.7 Å². The van der Waals surface area contributed by atoms with Crippen molar-refractivity contribution in [3.05, 3.63) is 53.5 Å². The van der Waals surface area contributed by atoms with Gasteiger partial charge in [-0.3, -0.25) is 4.68 Å². The maximum absolute atomic E-state index is 11.9. The molecule has 3 rings (SSSR count). The van der Waals surface area contributed by atoms with Gasteiger partial charge in [0, 0.05) is 25.4 Å². The Morgan fingerprint density at radius 3 is 2.60 bits per heavy atom. The van der Waals surface area contributed by atoms with Crippen LogP contribution in [0.25, 0.3) is 11.3 Å². The molecular formula is C22H28N6O2. The van der Waals surface area contributed by atoms with Crippen LogP contribution in [0.1, 0.15) is 37.6 Å². The number of aromatic nitrogens is 4. The van der Waals surface area contributed by atoms with Crippen molar-refractivity contribution >= 4 is 17.7 Å². The van der Waals surface area contributed by atoms with Crippen LogP contribution in [0.5, 0.6) is 0 Å². The summed E-state index contributed by atoms with van der Waals surface area (Å²) in [5, 5.41) is 10.2. The van der Waals surface area contributed by atoms with E-state index in [4.69, 9.17) is 4.74 Å². The molecule has 8 nitrogen and oxygen atoms in total. The van der Waals surface area contributed by atoms with Crippen molar-refractivity contribution in [3.63, 3.8) is 0 Å². The van der Waals surface area contributed by atoms with Gasteiger partial charge in [-0.1, -0.05) is 12.1 Å². The second-order valence-corrected chi connectivity index (χ2v) is 8.15. The fourth-order valence-electron chi connectivity index (χ4n) is 2.86. The molecule has 0 fully saturated rings. The number of hydrogen-bond acceptors (Lipinski definition) is 6. The monoisotopic (exact) mass is 408 g/mol. The first-order chi connectivity index (χ1) is 14.1. The van der Waals surface area contributed by atoms with Gasteiger partial charge in [0.25, 0.3) is 0 Å². The van der Waals surface area contributed by atoms with E-state index >= 15 is 0 Å². The predicted molar refractivity (Wildman–Crippen MR) is 117 cm³/mol. The Labute approximate surface area is 176 Å². The number of ether oxygens (including phenoxy) is 1. The van der Waals surface area contributed by atoms with Crippen molar-refractivity contribution in [2.24, 2.45) is 7.05 Å². The molecule has 2 heterocycles. The summed E-state index contributed by atoms with van der Waals surface area (Å²) in [6, 6.07) is 7.89. The van der Waals surface area contributed by atoms with E-state index in [1.807, 2.05) is 65.9 Å². The SMILES string of the molecule is Cc1cc(-c2ccnc(Nc3cnn(C)c3C)n2)ccc1CNC(=O)OC(C)(C)C. The van der Waals surface area contributed by atoms with E-state index in [0.29, 0.717) is 12.5 Å². The molecule has 0 atom stereocenters. The van der Waals surface area contributed by atoms with Crippen LogP contribution in [0.3, 0.4) is 0 Å². The van der Waals surface area contributed by atoms with E-state index in [1.165, 1.54) is 0 Å². The van der Waals surface area contributed by atoms with E-state index in [0.717, 1.165) is 33.8 Å². The molecule has 0 aliphatic rings. The summed E-state index contributed by atoms with van der Waals surface area (Å²) in [5.41, 5.74) is 5.21. The number of hydrogen-bond donors (Lipinski definition) is 2. The molecule has 0 spiro atoms. The Morgan fingerprint density at radius 1 is 1.20 bits per heavy atom. The van der Waals surface area contributed by atoms with Crippen molar-refractivity contribution < 1.29 is 9.53 Å². The maximum atomic E-state index is 11.9. The molecule has 0 aliphatic heterocycles. The fraction of sp³-hybridized carbons (Fsp3) is 0.364. The molecule has 2 aromatic heterocycles. The summed E-state index contributed by atoms with van der Waals surface area (Å²) in [6.45, 7) is 9.91. The van der Waals surface area contributed by atoms with Gasteiger partial charge in [0.2, 0.25) is 5.95 Å². The smallest absolute Gasteiger partial charge is 0.407 e. The van der Waals surface area contributed by atoms with Gasteiger partial charge in [0.05, 0.1) is 23.3 Å². The molecule has 0 bridgehead atoms. The Morgan fingerprint density at radius 2 is 1.97 bits per heavy atom. The highest BCUT2D eigenvalue weighted by atomic mass is 16.6. The molecule has 0 unspecified atom stereocenters. The van der Waals surface area contributed by atoms with Crippen molar-refractivity contribution in [2.75, 3.05) is 5.32 Å². The topological polar surface area (TPSA) is 94.0 Å². The minimum Gasteiger partial charge on any atom is -0.444 e. The average molecular weight is 409 g/mol. The third-order valence-electron chi connectivity index (χ3n) is 4.60. The highest BCUT2D eigenvalue weighted by Crippen LogP contribution is 2.23. The number of aryl methyl sites for hydroxylation is 2. The molecule has 158 valence electrons. The number of benzene rings is 1. The minimum absolute atomic E-state index is 0.401. The number of nitrogens with zero attached hydrogens (tertiary/aromatic N) is 4. The standard InChI is InChI=1S/C22H28N6O2/c1-14-11-16(7-8-17(14)12-24-21(29)30-22(3,4)5)18-9-10-23-20(26-18)27-19-13-25-28(6)15(19)2/h7-11,13H,12H2,1-6H3,(H,24,29)(H,23,26,27). The van der Waals surface area contributed by atoms with Crippen molar-refractivity contribution in [2.45, 2.75) is 46.8 Å². The third kappa shape index (κ3) is 5.34. The lowest BCUT2D eigenvalue weighted by atomic mass is 10.0. The van der Waals surface area contributed by atoms with Gasteiger partial charge in [-0.05, 0) is 57.9 Å². The van der Waals surface area contributed by atoms with Gasteiger partial charge >= 0.3 is 6.09 Å². The van der Waals surface area contributed by atoms with Crippen LogP contribution in [0.4, 0.5) is 16.4 Å². The Bertz CT molecular complexity index is 1050. The number of carbonyl (C=O) groups is 1. The second-order valence-electron chi connectivity index (χ2n) is 8.15. The van der Waals surface area contributed by atoms with Gasteiger partial charge < -0.3 is 15.4 Å². The van der Waals surface area contributed by atoms with Crippen molar-refractivity contribution in [1.29, 1.82) is 0 Å². The lowest BCUT2D eigenvalue weighted by Crippen LogP contribution is -2.32. The van der Waals surface area contributed by atoms with E-state index in [1.54, 1.807) is 17.1 Å². The third-order valence-corrected chi connectivity index (χ3v) is 4.60. The van der Waals surface area contributed by atoms with E-state index < -0.39 is 11.7 Å². The lowest BCUT2D eigenvalue weighted by Gasteiger charge is -2.20. The Kier molecular flexibility index (Phi) is 6.05. The van der Waals surface area contributed by atoms with Crippen LogP contribution in [0.2, 0.25) is 0 Å². The summed E-state index contributed by atoms with van der Waals surface area (Å²) in [6.07, 6.45) is 3.05. The van der Waals surface area contributed by atoms with Gasteiger partial charge in [-0.15, -0.1) is 0 Å². The molecule has 0 saturated carbocycles. The van der Waals surface area contributed by atoms with Crippen LogP contribution in [-0.4, -0.2) is 31.4 Å². The van der Waals surface area contributed by atoms with Crippen LogP contribution >= 0.6 is 0 Å². The summed E-state index contributed by atoms with van der Waals surface area (Å²) >= 11 is 0. The van der Waals surface area contributed by atoms with Gasteiger partial charge in [-0.2, -0.15) is 5.10 Å². The number of anilines is 2. The highest BCUT2D eigenvalue weighted by Gasteiger charge is 2.16. The maximum Gasteiger partial charge on any atom is 0.407 e. The normalized spacial score (nSPS) is 11.3. The first kappa shape index (κ1) is 21.3. The van der Waals surface area contributed by atoms with Gasteiger partial charge in [0.15, 0.2) is 0 Å². The van der Waals surface area contributed by atoms with Crippen molar-refractivity contribution in [3.8, 4) is 11.3 Å². The highest BCUT2D eigenvalue weighted by molar-refractivity contribution is 5.68. The van der Waals surface area contributed by atoms with Crippen molar-refractivity contribution in [1.82, 2.24) is 25.1 Å². The number of alkyl carbamates (subject to hydrolysis) is 1. The second kappa shape index (κ2) is 8.52. The van der Waals surface area contributed by atoms with Gasteiger partial charge in [0.1, 0.15) is 5.60 Å². The first-order valence-electron chi connectivity index (χ1n) is 9.78. The number of nitrogens with one attached hydrogen (secondary N) is 2. The Balaban J connectivity index is 1.71. The number of carbonyl (C=O) groups excluding carboxylic acids is 1. The molecule has 1 amide bonds. The Hall–Kier alpha value is -3.42. The van der Waals surface area contributed by atoms with Crippen LogP contribution in [-0.2, 0) is 18.3 Å². The minimum atomic E-state index is -0.518. The van der Waals surface area contributed by atoms with E-state index in [-0.39, 0.29) is 0 Å². The van der Waals surface area contributed by atoms with Crippen LogP contribution < -0.4 is 10.6 Å². The average Bonchev–Trinajstić information content (AvgIpc) is 2.98. The summed E-state index contributed by atoms with van der Waals surface area (Å²) in [7, 11) is 1.89. The lowest BCUT2D eigenvalue weighted by molar-refractivity contribution is 0.0523. The molecule has 8 heteroatoms. The molecule has 1 aromatic carbocycles.